The van der Waals surface area contributed by atoms with Crippen LogP contribution < -0.4 is 4.90 Å². The molecule has 0 saturated heterocycles. The van der Waals surface area contributed by atoms with Crippen LogP contribution in [0.15, 0.2) is 229 Å². The van der Waals surface area contributed by atoms with E-state index in [1.165, 1.54) is 38.4 Å². The molecule has 11 aromatic rings. The van der Waals surface area contributed by atoms with Crippen LogP contribution in [0.4, 0.5) is 17.1 Å². The fourth-order valence-corrected chi connectivity index (χ4v) is 8.69. The van der Waals surface area contributed by atoms with Crippen LogP contribution in [0.5, 0.6) is 0 Å². The number of hydrogen-bond acceptors (Lipinski definition) is 2. The highest BCUT2D eigenvalue weighted by atomic mass is 16.3. The van der Waals surface area contributed by atoms with Crippen LogP contribution in [0.3, 0.4) is 0 Å². The zero-order chi connectivity index (χ0) is 38.4. The molecule has 2 heteroatoms. The topological polar surface area (TPSA) is 16.4 Å². The van der Waals surface area contributed by atoms with Gasteiger partial charge in [-0.15, -0.1) is 0 Å². The average Bonchev–Trinajstić information content (AvgIpc) is 3.70. The van der Waals surface area contributed by atoms with E-state index in [2.05, 4.69) is 229 Å². The summed E-state index contributed by atoms with van der Waals surface area (Å²) >= 11 is 0. The maximum absolute atomic E-state index is 7.25. The molecule has 2 nitrogen and oxygen atoms in total. The van der Waals surface area contributed by atoms with Crippen LogP contribution in [0.2, 0.25) is 0 Å². The Labute approximate surface area is 337 Å². The van der Waals surface area contributed by atoms with Gasteiger partial charge >= 0.3 is 0 Å². The van der Waals surface area contributed by atoms with Gasteiger partial charge in [-0.1, -0.05) is 188 Å². The van der Waals surface area contributed by atoms with Gasteiger partial charge in [0.2, 0.25) is 0 Å². The summed E-state index contributed by atoms with van der Waals surface area (Å²) in [6.07, 6.45) is 0. The second-order valence-electron chi connectivity index (χ2n) is 14.8. The summed E-state index contributed by atoms with van der Waals surface area (Å²) in [5.41, 5.74) is 14.1. The first-order valence-corrected chi connectivity index (χ1v) is 19.8. The molecule has 0 unspecified atom stereocenters. The van der Waals surface area contributed by atoms with Gasteiger partial charge in [0.05, 0.1) is 11.4 Å². The third kappa shape index (κ3) is 5.74. The van der Waals surface area contributed by atoms with Crippen LogP contribution in [0.1, 0.15) is 0 Å². The van der Waals surface area contributed by atoms with Crippen LogP contribution in [0.25, 0.3) is 88.0 Å². The SMILES string of the molecule is c1ccc(-c2ccc(N(c3ccc(-c4ccc5ccccc5c4)cc3)c3cccc4c3oc3c(-c5ccccc5)ccc(-c5ccccc5)c34)c3ccccc23)cc1. The fraction of sp³-hybridized carbons (Fsp3) is 0. The van der Waals surface area contributed by atoms with E-state index >= 15 is 0 Å². The normalized spacial score (nSPS) is 11.4. The number of nitrogens with zero attached hydrogens (tertiary/aromatic N) is 1. The van der Waals surface area contributed by atoms with Gasteiger partial charge in [-0.2, -0.15) is 0 Å². The molecular formula is C56H37NO. The monoisotopic (exact) mass is 739 g/mol. The summed E-state index contributed by atoms with van der Waals surface area (Å²) in [6.45, 7) is 0. The lowest BCUT2D eigenvalue weighted by Crippen LogP contribution is -2.11. The maximum Gasteiger partial charge on any atom is 0.159 e. The molecule has 0 fully saturated rings. The molecule has 1 aromatic heterocycles. The Bertz CT molecular complexity index is 3260. The highest BCUT2D eigenvalue weighted by Crippen LogP contribution is 2.49. The van der Waals surface area contributed by atoms with Crippen LogP contribution >= 0.6 is 0 Å². The molecule has 0 atom stereocenters. The van der Waals surface area contributed by atoms with E-state index in [1.807, 2.05) is 0 Å². The van der Waals surface area contributed by atoms with Crippen molar-refractivity contribution in [3.63, 3.8) is 0 Å². The molecule has 0 spiro atoms. The summed E-state index contributed by atoms with van der Waals surface area (Å²) in [4.78, 5) is 2.39. The Balaban J connectivity index is 1.17. The van der Waals surface area contributed by atoms with Crippen LogP contribution in [-0.4, -0.2) is 0 Å². The third-order valence-corrected chi connectivity index (χ3v) is 11.5. The van der Waals surface area contributed by atoms with E-state index in [0.29, 0.717) is 0 Å². The Morgan fingerprint density at radius 3 is 1.57 bits per heavy atom. The van der Waals surface area contributed by atoms with Crippen molar-refractivity contribution < 1.29 is 4.42 Å². The number of furan rings is 1. The predicted octanol–water partition coefficient (Wildman–Crippen LogP) is 16.0. The molecule has 0 aliphatic rings. The first-order valence-electron chi connectivity index (χ1n) is 19.8. The summed E-state index contributed by atoms with van der Waals surface area (Å²) in [7, 11) is 0. The minimum absolute atomic E-state index is 0.841. The Hall–Kier alpha value is -7.68. The lowest BCUT2D eigenvalue weighted by atomic mass is 9.94. The van der Waals surface area contributed by atoms with E-state index in [9.17, 15) is 0 Å². The highest BCUT2D eigenvalue weighted by molar-refractivity contribution is 6.19. The molecule has 10 aromatic carbocycles. The van der Waals surface area contributed by atoms with E-state index in [0.717, 1.165) is 66.6 Å². The summed E-state index contributed by atoms with van der Waals surface area (Å²) in [5.74, 6) is 0. The molecule has 0 saturated carbocycles. The van der Waals surface area contributed by atoms with Crippen molar-refractivity contribution in [2.75, 3.05) is 4.90 Å². The van der Waals surface area contributed by atoms with Crippen molar-refractivity contribution in [2.24, 2.45) is 0 Å². The lowest BCUT2D eigenvalue weighted by Gasteiger charge is -2.27. The number of rotatable bonds is 7. The molecule has 0 bridgehead atoms. The molecule has 1 heterocycles. The molecule has 11 rings (SSSR count). The minimum atomic E-state index is 0.841. The van der Waals surface area contributed by atoms with Gasteiger partial charge in [0.15, 0.2) is 5.58 Å². The third-order valence-electron chi connectivity index (χ3n) is 11.5. The van der Waals surface area contributed by atoms with Crippen molar-refractivity contribution in [1.82, 2.24) is 0 Å². The van der Waals surface area contributed by atoms with Crippen molar-refractivity contribution >= 4 is 60.5 Å². The highest BCUT2D eigenvalue weighted by Gasteiger charge is 2.24. The van der Waals surface area contributed by atoms with Crippen LogP contribution in [-0.2, 0) is 0 Å². The molecule has 0 amide bonds. The first kappa shape index (κ1) is 33.6. The molecule has 0 N–H and O–H groups in total. The predicted molar refractivity (Wildman–Crippen MR) is 245 cm³/mol. The van der Waals surface area contributed by atoms with Crippen LogP contribution in [0, 0.1) is 0 Å². The molecule has 0 aliphatic carbocycles. The van der Waals surface area contributed by atoms with Gasteiger partial charge in [-0.3, -0.25) is 0 Å². The lowest BCUT2D eigenvalue weighted by molar-refractivity contribution is 0.670. The molecule has 0 radical (unpaired) electrons. The fourth-order valence-electron chi connectivity index (χ4n) is 8.69. The van der Waals surface area contributed by atoms with Crippen molar-refractivity contribution in [3.05, 3.63) is 224 Å². The Morgan fingerprint density at radius 1 is 0.293 bits per heavy atom. The summed E-state index contributed by atoms with van der Waals surface area (Å²) < 4.78 is 7.25. The number of hydrogen-bond donors (Lipinski definition) is 0. The summed E-state index contributed by atoms with van der Waals surface area (Å²) in [6, 6.07) is 80.5. The van der Waals surface area contributed by atoms with Gasteiger partial charge in [-0.05, 0) is 91.5 Å². The van der Waals surface area contributed by atoms with Crippen molar-refractivity contribution in [1.29, 1.82) is 0 Å². The smallest absolute Gasteiger partial charge is 0.159 e. The largest absolute Gasteiger partial charge is 0.453 e. The van der Waals surface area contributed by atoms with Crippen molar-refractivity contribution in [2.45, 2.75) is 0 Å². The van der Waals surface area contributed by atoms with Gasteiger partial charge in [0.25, 0.3) is 0 Å². The number of benzene rings is 10. The van der Waals surface area contributed by atoms with Gasteiger partial charge in [0, 0.05) is 27.4 Å². The summed E-state index contributed by atoms with van der Waals surface area (Å²) in [5, 5.41) is 7.01. The number of fused-ring (bicyclic) bond motifs is 5. The van der Waals surface area contributed by atoms with E-state index in [1.54, 1.807) is 0 Å². The first-order chi connectivity index (χ1) is 28.8. The Kier molecular flexibility index (Phi) is 8.19. The second kappa shape index (κ2) is 14.1. The molecule has 272 valence electrons. The second-order valence-corrected chi connectivity index (χ2v) is 14.8. The molecule has 58 heavy (non-hydrogen) atoms. The Morgan fingerprint density at radius 2 is 0.845 bits per heavy atom. The molecule has 0 aliphatic heterocycles. The maximum atomic E-state index is 7.25. The number of para-hydroxylation sites is 1. The van der Waals surface area contributed by atoms with Gasteiger partial charge in [0.1, 0.15) is 5.58 Å². The van der Waals surface area contributed by atoms with Gasteiger partial charge in [-0.25, -0.2) is 0 Å². The number of anilines is 3. The van der Waals surface area contributed by atoms with Crippen molar-refractivity contribution in [3.8, 4) is 44.5 Å². The quantitative estimate of drug-likeness (QED) is 0.162. The zero-order valence-corrected chi connectivity index (χ0v) is 31.7. The molecular weight excluding hydrogens is 703 g/mol. The average molecular weight is 740 g/mol. The van der Waals surface area contributed by atoms with E-state index in [4.69, 9.17) is 4.42 Å². The van der Waals surface area contributed by atoms with E-state index < -0.39 is 0 Å². The van der Waals surface area contributed by atoms with E-state index in [-0.39, 0.29) is 0 Å². The zero-order valence-electron chi connectivity index (χ0n) is 31.7. The minimum Gasteiger partial charge on any atom is -0.453 e. The van der Waals surface area contributed by atoms with Gasteiger partial charge < -0.3 is 9.32 Å². The standard InChI is InChI=1S/C56H37NO/c1-4-16-40(17-5-1)46-35-36-52(50-24-13-12-23-49(46)50)57(45-31-29-39(30-32-45)44-28-27-38-15-10-11-22-43(38)37-44)53-26-14-25-51-54-47(41-18-6-2-7-19-41)33-34-48(56(54)58-55(51)53)42-20-8-3-9-21-42/h1-37H.